The standard InChI is InChI=1S/C14H16F3N5OS/c15-14(16,17)11-6-22-5-9(1-2-12(22)21-11)3-18-13(23)19-4-10-7-24-8-20-10/h6-9H,1-5H2,(H2,18,19,23)/t9-/m1/s1. The average molecular weight is 359 g/mol. The first-order valence-electron chi connectivity index (χ1n) is 7.44. The van der Waals surface area contributed by atoms with E-state index in [1.165, 1.54) is 15.9 Å². The highest BCUT2D eigenvalue weighted by Crippen LogP contribution is 2.30. The number of thiazole rings is 1. The maximum atomic E-state index is 12.7. The summed E-state index contributed by atoms with van der Waals surface area (Å²) in [6.45, 7) is 1.17. The van der Waals surface area contributed by atoms with Crippen LogP contribution in [0.15, 0.2) is 17.1 Å². The molecule has 2 aromatic rings. The third kappa shape index (κ3) is 4.05. The molecule has 6 nitrogen and oxygen atoms in total. The molecule has 3 rings (SSSR count). The number of amides is 2. The molecule has 1 aliphatic rings. The van der Waals surface area contributed by atoms with E-state index in [-0.39, 0.29) is 11.9 Å². The minimum atomic E-state index is -4.42. The largest absolute Gasteiger partial charge is 0.434 e. The van der Waals surface area contributed by atoms with Gasteiger partial charge < -0.3 is 15.2 Å². The Morgan fingerprint density at radius 1 is 1.42 bits per heavy atom. The Morgan fingerprint density at radius 3 is 2.96 bits per heavy atom. The lowest BCUT2D eigenvalue weighted by Gasteiger charge is -2.23. The Morgan fingerprint density at radius 2 is 2.25 bits per heavy atom. The summed E-state index contributed by atoms with van der Waals surface area (Å²) < 4.78 is 39.6. The molecule has 2 N–H and O–H groups in total. The molecule has 10 heteroatoms. The van der Waals surface area contributed by atoms with Crippen molar-refractivity contribution in [2.45, 2.75) is 32.1 Å². The van der Waals surface area contributed by atoms with E-state index in [0.717, 1.165) is 11.9 Å². The van der Waals surface area contributed by atoms with Crippen LogP contribution in [-0.4, -0.2) is 27.1 Å². The van der Waals surface area contributed by atoms with Crippen LogP contribution >= 0.6 is 11.3 Å². The molecule has 0 saturated carbocycles. The first-order chi connectivity index (χ1) is 11.4. The second-order valence-corrected chi connectivity index (χ2v) is 6.36. The highest BCUT2D eigenvalue weighted by Gasteiger charge is 2.35. The molecule has 0 saturated heterocycles. The molecule has 0 unspecified atom stereocenters. The molecule has 130 valence electrons. The zero-order valence-electron chi connectivity index (χ0n) is 12.6. The van der Waals surface area contributed by atoms with E-state index in [4.69, 9.17) is 0 Å². The summed E-state index contributed by atoms with van der Waals surface area (Å²) >= 11 is 1.45. The fourth-order valence-electron chi connectivity index (χ4n) is 2.61. The summed E-state index contributed by atoms with van der Waals surface area (Å²) in [5.41, 5.74) is 1.62. The van der Waals surface area contributed by atoms with Crippen LogP contribution in [0.25, 0.3) is 0 Å². The van der Waals surface area contributed by atoms with Crippen LogP contribution in [0.3, 0.4) is 0 Å². The van der Waals surface area contributed by atoms with Crippen molar-refractivity contribution in [3.05, 3.63) is 34.3 Å². The summed E-state index contributed by atoms with van der Waals surface area (Å²) in [4.78, 5) is 19.4. The second-order valence-electron chi connectivity index (χ2n) is 5.64. The number of rotatable bonds is 4. The summed E-state index contributed by atoms with van der Waals surface area (Å²) in [6.07, 6.45) is -2.21. The molecular weight excluding hydrogens is 343 g/mol. The fraction of sp³-hybridized carbons (Fsp3) is 0.500. The van der Waals surface area contributed by atoms with Crippen LogP contribution in [0.1, 0.15) is 23.6 Å². The smallest absolute Gasteiger partial charge is 0.338 e. The lowest BCUT2D eigenvalue weighted by molar-refractivity contribution is -0.141. The zero-order valence-corrected chi connectivity index (χ0v) is 13.5. The Hall–Kier alpha value is -2.10. The third-order valence-electron chi connectivity index (χ3n) is 3.85. The van der Waals surface area contributed by atoms with Gasteiger partial charge >= 0.3 is 12.2 Å². The van der Waals surface area contributed by atoms with Gasteiger partial charge in [-0.1, -0.05) is 0 Å². The lowest BCUT2D eigenvalue weighted by atomic mass is 9.99. The van der Waals surface area contributed by atoms with Crippen molar-refractivity contribution in [3.63, 3.8) is 0 Å². The SMILES string of the molecule is O=C(NCc1cscn1)NC[C@H]1CCc2nc(C(F)(F)F)cn2C1. The van der Waals surface area contributed by atoms with E-state index in [1.54, 1.807) is 5.51 Å². The van der Waals surface area contributed by atoms with E-state index in [0.29, 0.717) is 38.3 Å². The number of nitrogens with zero attached hydrogens (tertiary/aromatic N) is 3. The molecule has 0 radical (unpaired) electrons. The van der Waals surface area contributed by atoms with Crippen molar-refractivity contribution in [1.29, 1.82) is 0 Å². The Bertz CT molecular complexity index is 698. The van der Waals surface area contributed by atoms with E-state index >= 15 is 0 Å². The van der Waals surface area contributed by atoms with Gasteiger partial charge in [0.1, 0.15) is 5.82 Å². The van der Waals surface area contributed by atoms with Crippen molar-refractivity contribution in [2.24, 2.45) is 5.92 Å². The van der Waals surface area contributed by atoms with E-state index < -0.39 is 11.9 Å². The molecule has 0 aliphatic carbocycles. The van der Waals surface area contributed by atoms with Crippen LogP contribution < -0.4 is 10.6 Å². The quantitative estimate of drug-likeness (QED) is 0.881. The lowest BCUT2D eigenvalue weighted by Crippen LogP contribution is -2.39. The molecule has 0 spiro atoms. The number of alkyl halides is 3. The van der Waals surface area contributed by atoms with Crippen molar-refractivity contribution in [3.8, 4) is 0 Å². The number of aromatic nitrogens is 3. The monoisotopic (exact) mass is 359 g/mol. The number of carbonyl (C=O) groups is 1. The number of urea groups is 1. The van der Waals surface area contributed by atoms with E-state index in [9.17, 15) is 18.0 Å². The highest BCUT2D eigenvalue weighted by molar-refractivity contribution is 7.07. The minimum absolute atomic E-state index is 0.0813. The topological polar surface area (TPSA) is 71.8 Å². The first kappa shape index (κ1) is 16.7. The summed E-state index contributed by atoms with van der Waals surface area (Å²) in [5, 5.41) is 7.29. The van der Waals surface area contributed by atoms with Gasteiger partial charge in [-0.05, 0) is 12.3 Å². The Labute approximate surface area is 140 Å². The Balaban J connectivity index is 1.47. The van der Waals surface area contributed by atoms with Crippen LogP contribution in [0.2, 0.25) is 0 Å². The zero-order chi connectivity index (χ0) is 17.2. The molecule has 0 bridgehead atoms. The molecule has 0 aromatic carbocycles. The van der Waals surface area contributed by atoms with E-state index in [2.05, 4.69) is 20.6 Å². The number of nitrogens with one attached hydrogen (secondary N) is 2. The summed E-state index contributed by atoms with van der Waals surface area (Å²) in [6, 6.07) is -0.310. The van der Waals surface area contributed by atoms with Crippen LogP contribution in [0.4, 0.5) is 18.0 Å². The normalized spacial score (nSPS) is 17.4. The average Bonchev–Trinajstić information content (AvgIpc) is 3.18. The van der Waals surface area contributed by atoms with Crippen molar-refractivity contribution >= 4 is 17.4 Å². The molecule has 3 heterocycles. The third-order valence-corrected chi connectivity index (χ3v) is 4.48. The Kier molecular flexibility index (Phi) is 4.74. The van der Waals surface area contributed by atoms with Gasteiger partial charge in [0.2, 0.25) is 0 Å². The number of hydrogen-bond acceptors (Lipinski definition) is 4. The van der Waals surface area contributed by atoms with Crippen LogP contribution in [0.5, 0.6) is 0 Å². The van der Waals surface area contributed by atoms with Crippen LogP contribution in [0, 0.1) is 5.92 Å². The van der Waals surface area contributed by atoms with Gasteiger partial charge in [0.05, 0.1) is 17.7 Å². The molecule has 2 aromatic heterocycles. The number of halogens is 3. The number of fused-ring (bicyclic) bond motifs is 1. The molecular formula is C14H16F3N5OS. The molecule has 0 fully saturated rings. The number of imidazole rings is 1. The predicted molar refractivity (Wildman–Crippen MR) is 81.4 cm³/mol. The molecule has 1 aliphatic heterocycles. The molecule has 2 amide bonds. The minimum Gasteiger partial charge on any atom is -0.338 e. The van der Waals surface area contributed by atoms with Gasteiger partial charge in [0, 0.05) is 31.1 Å². The van der Waals surface area contributed by atoms with Crippen molar-refractivity contribution in [1.82, 2.24) is 25.2 Å². The molecule has 1 atom stereocenters. The first-order valence-corrected chi connectivity index (χ1v) is 8.38. The van der Waals surface area contributed by atoms with Gasteiger partial charge in [-0.2, -0.15) is 13.2 Å². The van der Waals surface area contributed by atoms with Crippen molar-refractivity contribution < 1.29 is 18.0 Å². The fourth-order valence-corrected chi connectivity index (χ4v) is 3.17. The van der Waals surface area contributed by atoms with Gasteiger partial charge in [-0.3, -0.25) is 0 Å². The number of carbonyl (C=O) groups excluding carboxylic acids is 1. The van der Waals surface area contributed by atoms with Gasteiger partial charge in [-0.15, -0.1) is 11.3 Å². The van der Waals surface area contributed by atoms with Gasteiger partial charge in [0.15, 0.2) is 5.69 Å². The van der Waals surface area contributed by atoms with Gasteiger partial charge in [-0.25, -0.2) is 14.8 Å². The predicted octanol–water partition coefficient (Wildman–Crippen LogP) is 2.42. The van der Waals surface area contributed by atoms with Crippen molar-refractivity contribution in [2.75, 3.05) is 6.54 Å². The highest BCUT2D eigenvalue weighted by atomic mass is 32.1. The summed E-state index contributed by atoms with van der Waals surface area (Å²) in [7, 11) is 0. The molecule has 24 heavy (non-hydrogen) atoms. The number of hydrogen-bond donors (Lipinski definition) is 2. The van der Waals surface area contributed by atoms with Crippen LogP contribution in [-0.2, 0) is 25.7 Å². The number of aryl methyl sites for hydroxylation is 1. The summed E-state index contributed by atoms with van der Waals surface area (Å²) in [5.74, 6) is 0.532. The maximum Gasteiger partial charge on any atom is 0.434 e. The van der Waals surface area contributed by atoms with E-state index in [1.807, 2.05) is 5.38 Å². The second kappa shape index (κ2) is 6.80. The maximum absolute atomic E-state index is 12.7. The van der Waals surface area contributed by atoms with Gasteiger partial charge in [0.25, 0.3) is 0 Å².